The number of carbonyl (C=O) groups is 1. The number of allylic oxidation sites excluding steroid dienone is 2. The van der Waals surface area contributed by atoms with E-state index >= 15 is 0 Å². The zero-order valence-corrected chi connectivity index (χ0v) is 16.0. The molecule has 2 heteroatoms. The van der Waals surface area contributed by atoms with E-state index in [2.05, 4.69) is 57.2 Å². The number of rotatable bonds is 8. The fraction of sp³-hybridized carbons (Fsp3) is 0.292. The quantitative estimate of drug-likeness (QED) is 0.580. The third kappa shape index (κ3) is 5.45. The van der Waals surface area contributed by atoms with Gasteiger partial charge in [0.05, 0.1) is 0 Å². The van der Waals surface area contributed by atoms with E-state index in [0.717, 1.165) is 31.2 Å². The van der Waals surface area contributed by atoms with E-state index in [1.165, 1.54) is 33.9 Å². The fourth-order valence-electron chi connectivity index (χ4n) is 3.28. The first-order valence-corrected chi connectivity index (χ1v) is 9.32. The van der Waals surface area contributed by atoms with Crippen molar-refractivity contribution in [1.29, 1.82) is 0 Å². The molecule has 0 saturated heterocycles. The van der Waals surface area contributed by atoms with Crippen molar-refractivity contribution in [2.75, 3.05) is 0 Å². The van der Waals surface area contributed by atoms with Gasteiger partial charge in [-0.05, 0) is 60.1 Å². The van der Waals surface area contributed by atoms with Gasteiger partial charge >= 0.3 is 5.97 Å². The highest BCUT2D eigenvalue weighted by Crippen LogP contribution is 2.29. The molecule has 0 fully saturated rings. The lowest BCUT2D eigenvalue weighted by Gasteiger charge is -2.16. The molecule has 2 aromatic carbocycles. The van der Waals surface area contributed by atoms with Crippen molar-refractivity contribution in [3.63, 3.8) is 0 Å². The second-order valence-electron chi connectivity index (χ2n) is 6.61. The highest BCUT2D eigenvalue weighted by Gasteiger charge is 2.09. The molecule has 0 spiro atoms. The number of carboxylic acid groups (broad SMARTS) is 1. The molecule has 2 aromatic rings. The van der Waals surface area contributed by atoms with E-state index in [0.29, 0.717) is 0 Å². The molecule has 0 heterocycles. The zero-order valence-electron chi connectivity index (χ0n) is 16.0. The van der Waals surface area contributed by atoms with Crippen molar-refractivity contribution in [2.24, 2.45) is 0 Å². The molecule has 2 rings (SSSR count). The predicted octanol–water partition coefficient (Wildman–Crippen LogP) is 6.16. The summed E-state index contributed by atoms with van der Waals surface area (Å²) in [6.07, 6.45) is 6.96. The zero-order chi connectivity index (χ0) is 18.9. The lowest BCUT2D eigenvalue weighted by atomic mass is 9.89. The van der Waals surface area contributed by atoms with Crippen LogP contribution in [0.25, 0.3) is 11.6 Å². The molecule has 0 aliphatic heterocycles. The molecule has 0 aliphatic rings. The van der Waals surface area contributed by atoms with Gasteiger partial charge in [0.1, 0.15) is 0 Å². The number of hydrogen-bond acceptors (Lipinski definition) is 1. The minimum absolute atomic E-state index is 0.905. The van der Waals surface area contributed by atoms with Crippen LogP contribution < -0.4 is 0 Å². The molecule has 0 bridgehead atoms. The number of aryl methyl sites for hydroxylation is 1. The normalized spacial score (nSPS) is 12.3. The van der Waals surface area contributed by atoms with Gasteiger partial charge in [0, 0.05) is 6.08 Å². The number of benzene rings is 2. The van der Waals surface area contributed by atoms with Crippen LogP contribution in [0.4, 0.5) is 0 Å². The fourth-order valence-corrected chi connectivity index (χ4v) is 3.28. The van der Waals surface area contributed by atoms with Crippen molar-refractivity contribution in [2.45, 2.75) is 46.5 Å². The molecule has 0 unspecified atom stereocenters. The molecule has 2 nitrogen and oxygen atoms in total. The van der Waals surface area contributed by atoms with Crippen LogP contribution >= 0.6 is 0 Å². The first kappa shape index (κ1) is 19.7. The van der Waals surface area contributed by atoms with Crippen LogP contribution in [0.15, 0.2) is 60.2 Å². The molecule has 26 heavy (non-hydrogen) atoms. The molecular formula is C24H28O2. The Labute approximate surface area is 156 Å². The highest BCUT2D eigenvalue weighted by atomic mass is 16.4. The summed E-state index contributed by atoms with van der Waals surface area (Å²) in [6.45, 7) is 6.67. The van der Waals surface area contributed by atoms with Gasteiger partial charge in [-0.15, -0.1) is 0 Å². The molecule has 136 valence electrons. The molecule has 0 saturated carbocycles. The van der Waals surface area contributed by atoms with E-state index in [1.807, 2.05) is 12.1 Å². The summed E-state index contributed by atoms with van der Waals surface area (Å²) in [5.41, 5.74) is 7.81. The number of aliphatic carboxylic acids is 1. The van der Waals surface area contributed by atoms with Gasteiger partial charge < -0.3 is 5.11 Å². The Balaban J connectivity index is 2.28. The average molecular weight is 348 g/mol. The summed E-state index contributed by atoms with van der Waals surface area (Å²) in [5, 5.41) is 8.72. The smallest absolute Gasteiger partial charge is 0.328 e. The third-order valence-corrected chi connectivity index (χ3v) is 4.61. The summed E-state index contributed by atoms with van der Waals surface area (Å²) >= 11 is 0. The topological polar surface area (TPSA) is 37.3 Å². The van der Waals surface area contributed by atoms with E-state index in [4.69, 9.17) is 5.11 Å². The van der Waals surface area contributed by atoms with E-state index in [-0.39, 0.29) is 0 Å². The first-order valence-electron chi connectivity index (χ1n) is 9.32. The van der Waals surface area contributed by atoms with E-state index in [1.54, 1.807) is 6.08 Å². The Morgan fingerprint density at radius 1 is 1.04 bits per heavy atom. The predicted molar refractivity (Wildman–Crippen MR) is 110 cm³/mol. The van der Waals surface area contributed by atoms with Crippen molar-refractivity contribution < 1.29 is 9.90 Å². The Kier molecular flexibility index (Phi) is 7.40. The van der Waals surface area contributed by atoms with Gasteiger partial charge in [-0.3, -0.25) is 0 Å². The summed E-state index contributed by atoms with van der Waals surface area (Å²) in [6, 6.07) is 16.8. The van der Waals surface area contributed by atoms with Crippen LogP contribution in [0.3, 0.4) is 0 Å². The molecule has 0 radical (unpaired) electrons. The summed E-state index contributed by atoms with van der Waals surface area (Å²) < 4.78 is 0. The lowest BCUT2D eigenvalue weighted by molar-refractivity contribution is -0.131. The summed E-state index contributed by atoms with van der Waals surface area (Å²) in [5.74, 6) is -0.924. The second-order valence-corrected chi connectivity index (χ2v) is 6.61. The first-order chi connectivity index (χ1) is 12.5. The Hall–Kier alpha value is -2.61. The molecular weight excluding hydrogens is 320 g/mol. The van der Waals surface area contributed by atoms with Crippen LogP contribution in [0, 0.1) is 0 Å². The van der Waals surface area contributed by atoms with E-state index < -0.39 is 5.97 Å². The van der Waals surface area contributed by atoms with Crippen molar-refractivity contribution >= 4 is 17.6 Å². The SMILES string of the molecule is CCC/C(=C(/C)Cc1ccc(/C=C/C(=O)O)cc1)c1ccccc1CC. The molecule has 0 aromatic heterocycles. The molecule has 0 amide bonds. The Morgan fingerprint density at radius 2 is 1.73 bits per heavy atom. The van der Waals surface area contributed by atoms with Crippen LogP contribution in [-0.4, -0.2) is 11.1 Å². The largest absolute Gasteiger partial charge is 0.478 e. The van der Waals surface area contributed by atoms with Gasteiger partial charge in [0.25, 0.3) is 0 Å². The van der Waals surface area contributed by atoms with Crippen LogP contribution in [0.5, 0.6) is 0 Å². The Morgan fingerprint density at radius 3 is 2.35 bits per heavy atom. The highest BCUT2D eigenvalue weighted by molar-refractivity contribution is 5.85. The maximum absolute atomic E-state index is 10.6. The standard InChI is InChI=1S/C24H28O2/c1-4-8-22(23-10-7-6-9-21(23)5-2)18(3)17-20-13-11-19(12-14-20)15-16-24(25)26/h6-7,9-16H,4-5,8,17H2,1-3H3,(H,25,26)/b16-15+,22-18+. The third-order valence-electron chi connectivity index (χ3n) is 4.61. The van der Waals surface area contributed by atoms with Gasteiger partial charge in [-0.2, -0.15) is 0 Å². The van der Waals surface area contributed by atoms with Crippen molar-refractivity contribution in [3.8, 4) is 0 Å². The lowest BCUT2D eigenvalue weighted by Crippen LogP contribution is -1.98. The van der Waals surface area contributed by atoms with Crippen LogP contribution in [-0.2, 0) is 17.6 Å². The summed E-state index contributed by atoms with van der Waals surface area (Å²) in [7, 11) is 0. The number of hydrogen-bond donors (Lipinski definition) is 1. The van der Waals surface area contributed by atoms with Gasteiger partial charge in [0.15, 0.2) is 0 Å². The van der Waals surface area contributed by atoms with Crippen molar-refractivity contribution in [3.05, 3.63) is 82.4 Å². The van der Waals surface area contributed by atoms with Gasteiger partial charge in [-0.1, -0.05) is 74.4 Å². The molecule has 0 aliphatic carbocycles. The second kappa shape index (κ2) is 9.76. The van der Waals surface area contributed by atoms with Gasteiger partial charge in [0.2, 0.25) is 0 Å². The van der Waals surface area contributed by atoms with Crippen LogP contribution in [0.1, 0.15) is 55.9 Å². The maximum atomic E-state index is 10.6. The van der Waals surface area contributed by atoms with Crippen molar-refractivity contribution in [1.82, 2.24) is 0 Å². The average Bonchev–Trinajstić information content (AvgIpc) is 2.65. The van der Waals surface area contributed by atoms with E-state index in [9.17, 15) is 4.79 Å². The molecule has 1 N–H and O–H groups in total. The minimum Gasteiger partial charge on any atom is -0.478 e. The van der Waals surface area contributed by atoms with Crippen LogP contribution in [0.2, 0.25) is 0 Å². The molecule has 0 atom stereocenters. The maximum Gasteiger partial charge on any atom is 0.328 e. The Bertz CT molecular complexity index is 795. The monoisotopic (exact) mass is 348 g/mol. The van der Waals surface area contributed by atoms with Gasteiger partial charge in [-0.25, -0.2) is 4.79 Å². The number of carboxylic acids is 1. The summed E-state index contributed by atoms with van der Waals surface area (Å²) in [4.78, 5) is 10.6. The minimum atomic E-state index is -0.924.